The van der Waals surface area contributed by atoms with Gasteiger partial charge in [0, 0.05) is 73.8 Å². The summed E-state index contributed by atoms with van der Waals surface area (Å²) in [4.78, 5) is 192. The van der Waals surface area contributed by atoms with Gasteiger partial charge < -0.3 is 60.0 Å². The van der Waals surface area contributed by atoms with Crippen LogP contribution in [0.5, 0.6) is 0 Å². The molecule has 0 aromatic heterocycles. The zero-order chi connectivity index (χ0) is 74.9. The topological polar surface area (TPSA) is 270 Å². The van der Waals surface area contributed by atoms with Crippen LogP contribution in [0.4, 0.5) is 13.2 Å². The number of hydrogen-bond acceptors (Lipinski definition) is 12. The average molecular weight is 1450 g/mol. The maximum absolute atomic E-state index is 15.5. The van der Waals surface area contributed by atoms with E-state index in [9.17, 15) is 41.9 Å². The quantitative estimate of drug-likeness (QED) is 0.181. The summed E-state index contributed by atoms with van der Waals surface area (Å²) in [6.07, 6.45) is 3.03. The van der Waals surface area contributed by atoms with Gasteiger partial charge in [-0.25, -0.2) is 0 Å². The van der Waals surface area contributed by atoms with E-state index in [-0.39, 0.29) is 101 Å². The van der Waals surface area contributed by atoms with Gasteiger partial charge in [0.05, 0.1) is 18.9 Å². The van der Waals surface area contributed by atoms with E-state index in [1.165, 1.54) is 88.4 Å². The number of amides is 12. The molecule has 4 heterocycles. The number of carbonyl (C=O) groups excluding carboxylic acids is 12. The highest BCUT2D eigenvalue weighted by atomic mass is 35.5. The summed E-state index contributed by atoms with van der Waals surface area (Å²) in [7, 11) is 8.71. The van der Waals surface area contributed by atoms with Gasteiger partial charge in [0.25, 0.3) is 0 Å². The van der Waals surface area contributed by atoms with Crippen molar-refractivity contribution < 1.29 is 70.7 Å². The molecule has 4 saturated heterocycles. The van der Waals surface area contributed by atoms with Crippen LogP contribution in [0.2, 0.25) is 0 Å². The molecule has 4 aliphatic heterocycles. The minimum absolute atomic E-state index is 0.000188. The molecular weight excluding hydrogens is 1330 g/mol. The molecule has 3 unspecified atom stereocenters. The largest absolute Gasteiger partial charge is 0.393 e. The van der Waals surface area contributed by atoms with Crippen LogP contribution < -0.4 is 16.0 Å². The second-order valence-electron chi connectivity index (χ2n) is 31.5. The van der Waals surface area contributed by atoms with Gasteiger partial charge in [-0.05, 0) is 132 Å². The molecule has 3 N–H and O–H groups in total. The summed E-state index contributed by atoms with van der Waals surface area (Å²) in [6.45, 7) is 15.1. The normalized spacial score (nSPS) is 32.2. The number of halogens is 4. The molecule has 14 atom stereocenters. The van der Waals surface area contributed by atoms with E-state index in [0.717, 1.165) is 25.7 Å². The van der Waals surface area contributed by atoms with Crippen LogP contribution in [0.1, 0.15) is 203 Å². The van der Waals surface area contributed by atoms with Gasteiger partial charge in [0.1, 0.15) is 59.9 Å². The molecular formula is C73H118ClF3N12O12. The number of rotatable bonds is 12. The van der Waals surface area contributed by atoms with Gasteiger partial charge in [-0.3, -0.25) is 57.5 Å². The van der Waals surface area contributed by atoms with Crippen molar-refractivity contribution in [1.29, 1.82) is 0 Å². The molecule has 1 spiro atoms. The van der Waals surface area contributed by atoms with Crippen LogP contribution in [0.25, 0.3) is 0 Å². The second kappa shape index (κ2) is 35.5. The van der Waals surface area contributed by atoms with Crippen LogP contribution in [0.3, 0.4) is 0 Å². The van der Waals surface area contributed by atoms with Crippen molar-refractivity contribution in [2.75, 3.05) is 75.0 Å². The van der Waals surface area contributed by atoms with E-state index >= 15 is 28.8 Å². The van der Waals surface area contributed by atoms with E-state index in [2.05, 4.69) is 22.9 Å². The lowest BCUT2D eigenvalue weighted by Gasteiger charge is -2.45. The van der Waals surface area contributed by atoms with Gasteiger partial charge in [-0.1, -0.05) is 99.8 Å². The Morgan fingerprint density at radius 3 is 1.78 bits per heavy atom. The first-order valence-corrected chi connectivity index (χ1v) is 38.0. The molecule has 24 nitrogen and oxygen atoms in total. The number of nitrogens with zero attached hydrogens (tertiary/aromatic N) is 9. The lowest BCUT2D eigenvalue weighted by atomic mass is 9.78. The van der Waals surface area contributed by atoms with E-state index < -0.39 is 173 Å². The summed E-state index contributed by atoms with van der Waals surface area (Å²) in [5.74, 6) is -10.2. The maximum Gasteiger partial charge on any atom is 0.393 e. The van der Waals surface area contributed by atoms with Crippen LogP contribution in [0, 0.1) is 41.4 Å². The molecule has 7 aliphatic rings. The number of fused-ring (bicyclic) bond motifs is 2. The molecule has 28 heteroatoms. The van der Waals surface area contributed by atoms with Gasteiger partial charge in [0.2, 0.25) is 70.9 Å². The first-order valence-electron chi connectivity index (χ1n) is 37.6. The van der Waals surface area contributed by atoms with Crippen molar-refractivity contribution in [3.05, 3.63) is 0 Å². The molecule has 0 aromatic rings. The second-order valence-corrected chi connectivity index (χ2v) is 32.0. The number of nitrogens with one attached hydrogen (secondary N) is 3. The molecule has 7 rings (SSSR count). The Kier molecular flexibility index (Phi) is 28.8. The lowest BCUT2D eigenvalue weighted by Crippen LogP contribution is -2.65. The van der Waals surface area contributed by atoms with E-state index in [1.807, 2.05) is 27.7 Å². The van der Waals surface area contributed by atoms with Crippen LogP contribution in [-0.4, -0.2) is 261 Å². The fourth-order valence-corrected chi connectivity index (χ4v) is 17.1. The highest BCUT2D eigenvalue weighted by Gasteiger charge is 2.53. The van der Waals surface area contributed by atoms with Gasteiger partial charge in [-0.2, -0.15) is 13.2 Å². The first-order chi connectivity index (χ1) is 47.5. The highest BCUT2D eigenvalue weighted by molar-refractivity contribution is 6.21. The minimum Gasteiger partial charge on any atom is -0.343 e. The van der Waals surface area contributed by atoms with Crippen molar-refractivity contribution in [3.8, 4) is 0 Å². The highest BCUT2D eigenvalue weighted by Crippen LogP contribution is 2.44. The van der Waals surface area contributed by atoms with E-state index in [4.69, 9.17) is 11.6 Å². The fraction of sp³-hybridized carbons (Fsp3) is 0.836. The molecule has 7 fully saturated rings. The third kappa shape index (κ3) is 19.4. The van der Waals surface area contributed by atoms with Crippen LogP contribution >= 0.6 is 11.6 Å². The third-order valence-corrected chi connectivity index (χ3v) is 24.5. The summed E-state index contributed by atoms with van der Waals surface area (Å²) in [6, 6.07) is -10.8. The third-order valence-electron chi connectivity index (χ3n) is 24.0. The number of alkyl halides is 4. The fourth-order valence-electron chi connectivity index (χ4n) is 16.6. The molecule has 3 saturated carbocycles. The molecule has 0 bridgehead atoms. The standard InChI is InChI=1S/C73H118ClF3N12O12/c1-15-45(6)60-69(99)82(10)47(8)64(94)89-37-31-54(89)67(97)84(12)56(40-49-25-23-44(5)24-26-49)66(96)81(9)42-58(90)78-52(30-28-48-27-29-50(51(74)39-48)73(75,76)77)65(95)88-36-21-22-53(88)63(93)80-72(32-17-18-33-72)71(101)86(14)61(46(7)16-2)70(100)85(13)57(68(98)87-34-19-20-35-87)41-59(91)83(11)55(38-43(3)4)62(92)79-60/h43-57,60-61H,15-42H2,1-14H3,(H,78,90)(H,79,92)(H,80,93)/t44?,45-,46-,47-,48?,49?,50?,51?,52-,53-,54-,55-,56-,57-,60-,61-/m0/s1. The Bertz CT molecular complexity index is 2980. The molecule has 12 amide bonds. The van der Waals surface area contributed by atoms with E-state index in [0.29, 0.717) is 64.0 Å². The Hall–Kier alpha value is -6.28. The zero-order valence-electron chi connectivity index (χ0n) is 62.5. The average Bonchev–Trinajstić information content (AvgIpc) is 1.76. The first kappa shape index (κ1) is 82.0. The summed E-state index contributed by atoms with van der Waals surface area (Å²) < 4.78 is 42.1. The predicted octanol–water partition coefficient (Wildman–Crippen LogP) is 6.34. The molecule has 0 aromatic carbocycles. The maximum atomic E-state index is 15.5. The van der Waals surface area contributed by atoms with Gasteiger partial charge >= 0.3 is 6.18 Å². The number of likely N-dealkylation sites (tertiary alicyclic amines) is 1. The number of carbonyl (C=O) groups is 12. The van der Waals surface area contributed by atoms with Gasteiger partial charge in [0.15, 0.2) is 0 Å². The number of hydrogen-bond donors (Lipinski definition) is 3. The summed E-state index contributed by atoms with van der Waals surface area (Å²) in [5.41, 5.74) is -1.56. The van der Waals surface area contributed by atoms with Crippen LogP contribution in [0.15, 0.2) is 0 Å². The zero-order valence-corrected chi connectivity index (χ0v) is 63.3. The monoisotopic (exact) mass is 1450 g/mol. The Morgan fingerprint density at radius 1 is 0.594 bits per heavy atom. The van der Waals surface area contributed by atoms with Crippen molar-refractivity contribution in [2.24, 2.45) is 41.4 Å². The molecule has 570 valence electrons. The minimum atomic E-state index is -4.51. The van der Waals surface area contributed by atoms with E-state index in [1.54, 1.807) is 18.7 Å². The molecule has 3 aliphatic carbocycles. The molecule has 101 heavy (non-hydrogen) atoms. The van der Waals surface area contributed by atoms with Crippen LogP contribution in [-0.2, 0) is 57.5 Å². The Labute approximate surface area is 601 Å². The van der Waals surface area contributed by atoms with Crippen molar-refractivity contribution in [3.63, 3.8) is 0 Å². The lowest BCUT2D eigenvalue weighted by molar-refractivity contribution is -0.182. The Morgan fingerprint density at radius 2 is 1.21 bits per heavy atom. The number of likely N-dealkylation sites (N-methyl/N-ethyl adjacent to an activating group) is 6. The van der Waals surface area contributed by atoms with Crippen molar-refractivity contribution in [1.82, 2.24) is 60.0 Å². The van der Waals surface area contributed by atoms with Gasteiger partial charge in [-0.15, -0.1) is 11.6 Å². The molecule has 0 radical (unpaired) electrons. The summed E-state index contributed by atoms with van der Waals surface area (Å²) >= 11 is 6.41. The Balaban J connectivity index is 1.28. The predicted molar refractivity (Wildman–Crippen MR) is 374 cm³/mol. The smallest absolute Gasteiger partial charge is 0.343 e. The van der Waals surface area contributed by atoms with Crippen molar-refractivity contribution in [2.45, 2.75) is 275 Å². The summed E-state index contributed by atoms with van der Waals surface area (Å²) in [5, 5.41) is 7.64. The van der Waals surface area contributed by atoms with Crippen molar-refractivity contribution >= 4 is 82.5 Å². The SMILES string of the molecule is CC[C@H](C)[C@@H]1NC(=O)[C@H](CC(C)C)N(C)C(=O)C[C@@H](C(=O)N2CCCC2)N(C)C(=O)[C@H]([C@@H](C)CC)N(C)C(=O)C2(CCCC2)NC(=O)[C@@H]2CCCN2C(=O)[C@H](CCC2CCC(C(F)(F)F)C(Cl)C2)NC(=O)CN(C)C(=O)[C@H](CC2CCC(C)CC2)N(C)C(=O)[C@@H]2CCN2C(=O)[C@H](C)N(C)C1=O.